The van der Waals surface area contributed by atoms with Crippen LogP contribution in [-0.2, 0) is 14.3 Å². The second-order valence-corrected chi connectivity index (χ2v) is 10.6. The highest BCUT2D eigenvalue weighted by Crippen LogP contribution is 2.38. The molecule has 0 saturated carbocycles. The van der Waals surface area contributed by atoms with Gasteiger partial charge in [-0.1, -0.05) is 52.7 Å². The van der Waals surface area contributed by atoms with E-state index in [4.69, 9.17) is 9.47 Å². The third-order valence-electron chi connectivity index (χ3n) is 6.49. The Hall–Kier alpha value is -1.87. The van der Waals surface area contributed by atoms with Crippen LogP contribution in [0.4, 0.5) is 0 Å². The van der Waals surface area contributed by atoms with Gasteiger partial charge < -0.3 is 9.47 Å². The fourth-order valence-electron chi connectivity index (χ4n) is 4.02. The van der Waals surface area contributed by atoms with Gasteiger partial charge in [0, 0.05) is 5.57 Å². The van der Waals surface area contributed by atoms with E-state index in [1.807, 2.05) is 0 Å². The summed E-state index contributed by atoms with van der Waals surface area (Å²) in [6.45, 7) is 15.2. The Morgan fingerprint density at radius 2 is 1.21 bits per heavy atom. The molecule has 0 amide bonds. The monoisotopic (exact) mass is 470 g/mol. The fourth-order valence-corrected chi connectivity index (χ4v) is 4.02. The van der Waals surface area contributed by atoms with Gasteiger partial charge in [0.15, 0.2) is 0 Å². The highest BCUT2D eigenvalue weighted by Gasteiger charge is 2.46. The number of methoxy groups -OCH3 is 1. The maximum atomic E-state index is 12.0. The minimum absolute atomic E-state index is 0.112. The summed E-state index contributed by atoms with van der Waals surface area (Å²) in [4.78, 5) is 12.0. The van der Waals surface area contributed by atoms with Gasteiger partial charge in [-0.05, 0) is 113 Å². The van der Waals surface area contributed by atoms with Gasteiger partial charge in [0.2, 0.25) is 0 Å². The van der Waals surface area contributed by atoms with Gasteiger partial charge in [0.1, 0.15) is 0 Å². The van der Waals surface area contributed by atoms with Crippen LogP contribution in [0.3, 0.4) is 0 Å². The Morgan fingerprint density at radius 1 is 0.735 bits per heavy atom. The summed E-state index contributed by atoms with van der Waals surface area (Å²) in [6, 6.07) is 0. The average molecular weight is 471 g/mol. The van der Waals surface area contributed by atoms with Crippen LogP contribution in [0, 0.1) is 0 Å². The second-order valence-electron chi connectivity index (χ2n) is 10.6. The van der Waals surface area contributed by atoms with Crippen LogP contribution in [0.15, 0.2) is 58.2 Å². The first-order valence-electron chi connectivity index (χ1n) is 13.1. The number of rotatable bonds is 16. The molecule has 0 bridgehead atoms. The standard InChI is InChI=1S/C31H50O3/c1-24(2)14-11-20-28(30(32)33-8)21-13-19-26(4)16-10-9-15-25(3)17-12-18-27(5)22-23-29-31(6,7)34-29/h14-16,18,21,29H,9-13,17,19-20,22-23H2,1-8H3/b25-15+,26-16+,27-18+,28-21-/t29-/m0/s1. The van der Waals surface area contributed by atoms with Crippen molar-refractivity contribution < 1.29 is 14.3 Å². The highest BCUT2D eigenvalue weighted by molar-refractivity contribution is 5.88. The zero-order valence-corrected chi connectivity index (χ0v) is 23.3. The van der Waals surface area contributed by atoms with Crippen LogP contribution in [0.2, 0.25) is 0 Å². The van der Waals surface area contributed by atoms with E-state index in [1.54, 1.807) is 0 Å². The van der Waals surface area contributed by atoms with Gasteiger partial charge in [-0.15, -0.1) is 0 Å². The quantitative estimate of drug-likeness (QED) is 0.0742. The van der Waals surface area contributed by atoms with Crippen molar-refractivity contribution in [3.05, 3.63) is 58.2 Å². The Balaban J connectivity index is 2.29. The Morgan fingerprint density at radius 3 is 1.71 bits per heavy atom. The number of esters is 1. The average Bonchev–Trinajstić information content (AvgIpc) is 3.39. The molecule has 0 aromatic heterocycles. The Kier molecular flexibility index (Phi) is 14.1. The van der Waals surface area contributed by atoms with E-state index in [9.17, 15) is 4.79 Å². The lowest BCUT2D eigenvalue weighted by molar-refractivity contribution is -0.136. The number of carbonyl (C=O) groups excluding carboxylic acids is 1. The molecule has 0 aromatic carbocycles. The molecule has 1 fully saturated rings. The van der Waals surface area contributed by atoms with Crippen molar-refractivity contribution in [2.24, 2.45) is 0 Å². The smallest absolute Gasteiger partial charge is 0.333 e. The normalized spacial score (nSPS) is 18.6. The van der Waals surface area contributed by atoms with E-state index in [0.717, 1.165) is 69.8 Å². The van der Waals surface area contributed by atoms with E-state index in [2.05, 4.69) is 78.8 Å². The lowest BCUT2D eigenvalue weighted by Gasteiger charge is -2.05. The second kappa shape index (κ2) is 15.9. The summed E-state index contributed by atoms with van der Waals surface area (Å²) in [5, 5.41) is 0. The van der Waals surface area contributed by atoms with Gasteiger partial charge in [0.05, 0.1) is 18.8 Å². The first-order valence-corrected chi connectivity index (χ1v) is 13.1. The van der Waals surface area contributed by atoms with Crippen molar-refractivity contribution in [2.45, 2.75) is 124 Å². The zero-order chi connectivity index (χ0) is 25.6. The molecule has 0 unspecified atom stereocenters. The summed E-state index contributed by atoms with van der Waals surface area (Å²) in [7, 11) is 1.46. The summed E-state index contributed by atoms with van der Waals surface area (Å²) in [5.74, 6) is -0.199. The Labute approximate surface area is 210 Å². The number of hydrogen-bond donors (Lipinski definition) is 0. The van der Waals surface area contributed by atoms with Crippen molar-refractivity contribution in [1.29, 1.82) is 0 Å². The predicted octanol–water partition coefficient (Wildman–Crippen LogP) is 8.97. The molecule has 1 atom stereocenters. The zero-order valence-electron chi connectivity index (χ0n) is 23.3. The molecule has 0 radical (unpaired) electrons. The number of epoxide rings is 1. The SMILES string of the molecule is COC(=O)/C(=C\CC/C(C)=C/CC/C=C(\C)CC/C=C(\C)CC[C@@H]1OC1(C)C)CCC=C(C)C. The third kappa shape index (κ3) is 13.7. The van der Waals surface area contributed by atoms with Crippen molar-refractivity contribution in [2.75, 3.05) is 7.11 Å². The molecular weight excluding hydrogens is 420 g/mol. The van der Waals surface area contributed by atoms with Crippen molar-refractivity contribution in [1.82, 2.24) is 0 Å². The van der Waals surface area contributed by atoms with Gasteiger partial charge >= 0.3 is 5.97 Å². The lowest BCUT2D eigenvalue weighted by atomic mass is 10.0. The van der Waals surface area contributed by atoms with Gasteiger partial charge in [0.25, 0.3) is 0 Å². The molecule has 1 heterocycles. The van der Waals surface area contributed by atoms with E-state index in [0.29, 0.717) is 6.10 Å². The van der Waals surface area contributed by atoms with Crippen molar-refractivity contribution >= 4 is 5.97 Å². The van der Waals surface area contributed by atoms with Gasteiger partial charge in [-0.3, -0.25) is 0 Å². The molecule has 0 spiro atoms. The Bertz CT molecular complexity index is 785. The molecule has 0 aliphatic carbocycles. The number of allylic oxidation sites excluding steroid dienone is 9. The van der Waals surface area contributed by atoms with Crippen LogP contribution >= 0.6 is 0 Å². The molecule has 1 aliphatic rings. The maximum absolute atomic E-state index is 12.0. The highest BCUT2D eigenvalue weighted by atomic mass is 16.6. The van der Waals surface area contributed by atoms with E-state index < -0.39 is 0 Å². The maximum Gasteiger partial charge on any atom is 0.333 e. The molecule has 0 aromatic rings. The van der Waals surface area contributed by atoms with E-state index >= 15 is 0 Å². The predicted molar refractivity (Wildman–Crippen MR) is 146 cm³/mol. The minimum Gasteiger partial charge on any atom is -0.466 e. The fraction of sp³-hybridized carbons (Fsp3) is 0.645. The van der Waals surface area contributed by atoms with Crippen LogP contribution in [0.5, 0.6) is 0 Å². The molecule has 3 nitrogen and oxygen atoms in total. The number of ether oxygens (including phenoxy) is 2. The molecule has 34 heavy (non-hydrogen) atoms. The van der Waals surface area contributed by atoms with Gasteiger partial charge in [-0.2, -0.15) is 0 Å². The molecule has 0 N–H and O–H groups in total. The van der Waals surface area contributed by atoms with Crippen molar-refractivity contribution in [3.8, 4) is 0 Å². The molecule has 1 aliphatic heterocycles. The molecule has 3 heteroatoms. The molecule has 1 saturated heterocycles. The topological polar surface area (TPSA) is 38.8 Å². The summed E-state index contributed by atoms with van der Waals surface area (Å²) < 4.78 is 10.6. The lowest BCUT2D eigenvalue weighted by Crippen LogP contribution is -2.04. The minimum atomic E-state index is -0.199. The third-order valence-corrected chi connectivity index (χ3v) is 6.49. The molecule has 1 rings (SSSR count). The summed E-state index contributed by atoms with van der Waals surface area (Å²) >= 11 is 0. The van der Waals surface area contributed by atoms with E-state index in [1.165, 1.54) is 29.4 Å². The molecular formula is C31H50O3. The number of carbonyl (C=O) groups is 1. The van der Waals surface area contributed by atoms with Gasteiger partial charge in [-0.25, -0.2) is 4.79 Å². The number of unbranched alkanes of at least 4 members (excludes halogenated alkanes) is 1. The summed E-state index contributed by atoms with van der Waals surface area (Å²) in [6.07, 6.45) is 22.0. The van der Waals surface area contributed by atoms with Crippen LogP contribution in [0.25, 0.3) is 0 Å². The summed E-state index contributed by atoms with van der Waals surface area (Å²) in [5.41, 5.74) is 6.53. The number of hydrogen-bond acceptors (Lipinski definition) is 3. The van der Waals surface area contributed by atoms with Crippen molar-refractivity contribution in [3.63, 3.8) is 0 Å². The van der Waals surface area contributed by atoms with Crippen LogP contribution < -0.4 is 0 Å². The first-order chi connectivity index (χ1) is 16.0. The van der Waals surface area contributed by atoms with Crippen LogP contribution in [0.1, 0.15) is 113 Å². The van der Waals surface area contributed by atoms with E-state index in [-0.39, 0.29) is 11.6 Å². The van der Waals surface area contributed by atoms with Crippen LogP contribution in [-0.4, -0.2) is 24.8 Å². The first kappa shape index (κ1) is 30.2. The molecule has 192 valence electrons. The largest absolute Gasteiger partial charge is 0.466 e.